The van der Waals surface area contributed by atoms with Gasteiger partial charge in [-0.3, -0.25) is 0 Å². The summed E-state index contributed by atoms with van der Waals surface area (Å²) < 4.78 is 0. The van der Waals surface area contributed by atoms with Gasteiger partial charge in [-0.1, -0.05) is 32.1 Å². The van der Waals surface area contributed by atoms with Crippen LogP contribution in [0.5, 0.6) is 0 Å². The first kappa shape index (κ1) is 11.1. The van der Waals surface area contributed by atoms with Crippen LogP contribution in [0.15, 0.2) is 0 Å². The highest BCUT2D eigenvalue weighted by atomic mass is 15.2. The van der Waals surface area contributed by atoms with E-state index < -0.39 is 0 Å². The summed E-state index contributed by atoms with van der Waals surface area (Å²) in [4.78, 5) is 2.68. The summed E-state index contributed by atoms with van der Waals surface area (Å²) in [5.74, 6) is 2.18. The molecule has 1 heteroatoms. The summed E-state index contributed by atoms with van der Waals surface area (Å²) in [5.41, 5.74) is 0. The van der Waals surface area contributed by atoms with E-state index in [1.54, 1.807) is 19.3 Å². The SMILES string of the molecule is CN1C2CCC1CC(CC1CCCCC1)C2. The van der Waals surface area contributed by atoms with E-state index in [4.69, 9.17) is 0 Å². The lowest BCUT2D eigenvalue weighted by Gasteiger charge is -2.38. The fourth-order valence-corrected chi connectivity index (χ4v) is 4.61. The van der Waals surface area contributed by atoms with Crippen molar-refractivity contribution in [2.24, 2.45) is 11.8 Å². The minimum absolute atomic E-state index is 0.951. The van der Waals surface area contributed by atoms with Crippen molar-refractivity contribution in [3.8, 4) is 0 Å². The van der Waals surface area contributed by atoms with Gasteiger partial charge in [-0.05, 0) is 51.0 Å². The van der Waals surface area contributed by atoms with Crippen molar-refractivity contribution >= 4 is 0 Å². The standard InChI is InChI=1S/C15H27N/c1-16-14-7-8-15(16)11-13(10-14)9-12-5-3-2-4-6-12/h12-15H,2-11H2,1H3. The second-order valence-electron chi connectivity index (χ2n) is 6.63. The Labute approximate surface area is 101 Å². The van der Waals surface area contributed by atoms with Crippen LogP contribution in [0, 0.1) is 11.8 Å². The van der Waals surface area contributed by atoms with Gasteiger partial charge in [0.1, 0.15) is 0 Å². The molecule has 1 nitrogen and oxygen atoms in total. The lowest BCUT2D eigenvalue weighted by Crippen LogP contribution is -2.40. The molecule has 1 saturated carbocycles. The molecule has 3 rings (SSSR count). The molecule has 2 atom stereocenters. The van der Waals surface area contributed by atoms with Gasteiger partial charge in [0.2, 0.25) is 0 Å². The van der Waals surface area contributed by atoms with Crippen LogP contribution in [0.25, 0.3) is 0 Å². The molecule has 2 unspecified atom stereocenters. The van der Waals surface area contributed by atoms with Gasteiger partial charge >= 0.3 is 0 Å². The number of fused-ring (bicyclic) bond motifs is 2. The van der Waals surface area contributed by atoms with E-state index in [9.17, 15) is 0 Å². The van der Waals surface area contributed by atoms with Crippen molar-refractivity contribution in [2.75, 3.05) is 7.05 Å². The largest absolute Gasteiger partial charge is 0.300 e. The van der Waals surface area contributed by atoms with E-state index in [2.05, 4.69) is 11.9 Å². The molecule has 0 spiro atoms. The Kier molecular flexibility index (Phi) is 3.24. The van der Waals surface area contributed by atoms with Gasteiger partial charge in [0.25, 0.3) is 0 Å². The van der Waals surface area contributed by atoms with E-state index >= 15 is 0 Å². The van der Waals surface area contributed by atoms with Crippen molar-refractivity contribution in [3.05, 3.63) is 0 Å². The molecule has 2 bridgehead atoms. The average Bonchev–Trinajstić information content (AvgIpc) is 2.54. The molecule has 0 aromatic carbocycles. The molecule has 2 saturated heterocycles. The maximum Gasteiger partial charge on any atom is 0.00983 e. The molecule has 16 heavy (non-hydrogen) atoms. The molecule has 0 radical (unpaired) electrons. The highest BCUT2D eigenvalue weighted by Gasteiger charge is 2.38. The summed E-state index contributed by atoms with van der Waals surface area (Å²) in [6.45, 7) is 0. The first-order chi connectivity index (χ1) is 7.83. The van der Waals surface area contributed by atoms with Gasteiger partial charge in [-0.25, -0.2) is 0 Å². The van der Waals surface area contributed by atoms with E-state index in [-0.39, 0.29) is 0 Å². The van der Waals surface area contributed by atoms with E-state index in [1.165, 1.54) is 44.9 Å². The van der Waals surface area contributed by atoms with Gasteiger partial charge in [0.05, 0.1) is 0 Å². The number of hydrogen-bond acceptors (Lipinski definition) is 1. The van der Waals surface area contributed by atoms with Crippen molar-refractivity contribution in [1.82, 2.24) is 4.90 Å². The molecule has 1 aliphatic carbocycles. The van der Waals surface area contributed by atoms with Gasteiger partial charge < -0.3 is 4.90 Å². The predicted molar refractivity (Wildman–Crippen MR) is 68.5 cm³/mol. The Morgan fingerprint density at radius 2 is 1.44 bits per heavy atom. The summed E-state index contributed by atoms with van der Waals surface area (Å²) in [6.07, 6.45) is 15.2. The Morgan fingerprint density at radius 3 is 2.06 bits per heavy atom. The lowest BCUT2D eigenvalue weighted by atomic mass is 9.78. The highest BCUT2D eigenvalue weighted by Crippen LogP contribution is 2.41. The van der Waals surface area contributed by atoms with Gasteiger partial charge in [-0.15, -0.1) is 0 Å². The molecule has 0 N–H and O–H groups in total. The van der Waals surface area contributed by atoms with Crippen LogP contribution >= 0.6 is 0 Å². The third kappa shape index (κ3) is 2.16. The first-order valence-corrected chi connectivity index (χ1v) is 7.55. The molecule has 2 heterocycles. The van der Waals surface area contributed by atoms with Crippen LogP contribution in [0.1, 0.15) is 64.2 Å². The summed E-state index contributed by atoms with van der Waals surface area (Å²) in [5, 5.41) is 0. The van der Waals surface area contributed by atoms with Crippen LogP contribution < -0.4 is 0 Å². The maximum absolute atomic E-state index is 2.68. The van der Waals surface area contributed by atoms with E-state index in [1.807, 2.05) is 0 Å². The summed E-state index contributed by atoms with van der Waals surface area (Å²) >= 11 is 0. The molecule has 2 aliphatic heterocycles. The lowest BCUT2D eigenvalue weighted by molar-refractivity contribution is 0.114. The minimum atomic E-state index is 0.951. The Morgan fingerprint density at radius 1 is 0.812 bits per heavy atom. The van der Waals surface area contributed by atoms with Gasteiger partial charge in [0, 0.05) is 12.1 Å². The van der Waals surface area contributed by atoms with Crippen LogP contribution in [-0.4, -0.2) is 24.0 Å². The van der Waals surface area contributed by atoms with E-state index in [0.717, 1.165) is 23.9 Å². The number of rotatable bonds is 2. The quantitative estimate of drug-likeness (QED) is 0.685. The molecular weight excluding hydrogens is 194 g/mol. The fourth-order valence-electron chi connectivity index (χ4n) is 4.61. The van der Waals surface area contributed by atoms with Crippen LogP contribution in [0.2, 0.25) is 0 Å². The predicted octanol–water partition coefficient (Wildman–Crippen LogP) is 3.83. The molecule has 0 aromatic heterocycles. The van der Waals surface area contributed by atoms with Crippen LogP contribution in [-0.2, 0) is 0 Å². The third-order valence-electron chi connectivity index (χ3n) is 5.59. The maximum atomic E-state index is 2.68. The molecule has 92 valence electrons. The minimum Gasteiger partial charge on any atom is -0.300 e. The van der Waals surface area contributed by atoms with Crippen LogP contribution in [0.4, 0.5) is 0 Å². The number of hydrogen-bond donors (Lipinski definition) is 0. The normalized spacial score (nSPS) is 41.4. The molecule has 3 fully saturated rings. The summed E-state index contributed by atoms with van der Waals surface area (Å²) in [6, 6.07) is 1.90. The zero-order chi connectivity index (χ0) is 11.0. The highest BCUT2D eigenvalue weighted by molar-refractivity contribution is 4.93. The van der Waals surface area contributed by atoms with Crippen LogP contribution in [0.3, 0.4) is 0 Å². The van der Waals surface area contributed by atoms with Gasteiger partial charge in [-0.2, -0.15) is 0 Å². The zero-order valence-electron chi connectivity index (χ0n) is 10.8. The monoisotopic (exact) mass is 221 g/mol. The first-order valence-electron chi connectivity index (χ1n) is 7.55. The smallest absolute Gasteiger partial charge is 0.00983 e. The van der Waals surface area contributed by atoms with Crippen molar-refractivity contribution in [1.29, 1.82) is 0 Å². The second-order valence-corrected chi connectivity index (χ2v) is 6.63. The Hall–Kier alpha value is -0.0400. The van der Waals surface area contributed by atoms with Crippen molar-refractivity contribution < 1.29 is 0 Å². The van der Waals surface area contributed by atoms with Crippen molar-refractivity contribution in [2.45, 2.75) is 76.3 Å². The van der Waals surface area contributed by atoms with Gasteiger partial charge in [0.15, 0.2) is 0 Å². The third-order valence-corrected chi connectivity index (χ3v) is 5.59. The zero-order valence-corrected chi connectivity index (χ0v) is 10.8. The fraction of sp³-hybridized carbons (Fsp3) is 1.00. The number of nitrogens with zero attached hydrogens (tertiary/aromatic N) is 1. The van der Waals surface area contributed by atoms with Crippen molar-refractivity contribution in [3.63, 3.8) is 0 Å². The molecule has 0 amide bonds. The topological polar surface area (TPSA) is 3.24 Å². The molecule has 0 aromatic rings. The van der Waals surface area contributed by atoms with E-state index in [0.29, 0.717) is 0 Å². The second kappa shape index (κ2) is 4.68. The molecular formula is C15H27N. The Balaban J connectivity index is 1.53. The molecule has 3 aliphatic rings. The number of piperidine rings is 1. The average molecular weight is 221 g/mol. The Bertz CT molecular complexity index is 218. The summed E-state index contributed by atoms with van der Waals surface area (Å²) in [7, 11) is 2.36.